The molecule has 1 heteroatoms. The Morgan fingerprint density at radius 1 is 1.09 bits per heavy atom. The lowest BCUT2D eigenvalue weighted by Crippen LogP contribution is -1.89. The Morgan fingerprint density at radius 3 is 1.91 bits per heavy atom. The summed E-state index contributed by atoms with van der Waals surface area (Å²) in [6, 6.07) is 4.18. The number of benzene rings is 1. The summed E-state index contributed by atoms with van der Waals surface area (Å²) >= 11 is 0. The highest BCUT2D eigenvalue weighted by atomic mass is 16.5. The van der Waals surface area contributed by atoms with Crippen molar-refractivity contribution in [3.63, 3.8) is 0 Å². The van der Waals surface area contributed by atoms with Gasteiger partial charge in [0.05, 0.1) is 0 Å². The van der Waals surface area contributed by atoms with E-state index in [4.69, 9.17) is 4.74 Å². The lowest BCUT2D eigenvalue weighted by Gasteiger charge is -2.08. The highest BCUT2D eigenvalue weighted by Gasteiger charge is 2.01. The summed E-state index contributed by atoms with van der Waals surface area (Å²) in [4.78, 5) is 0. The van der Waals surface area contributed by atoms with Gasteiger partial charge in [-0.1, -0.05) is 17.7 Å². The fourth-order valence-corrected chi connectivity index (χ4v) is 1.39. The summed E-state index contributed by atoms with van der Waals surface area (Å²) in [5.74, 6) is 0.899. The molecule has 0 unspecified atom stereocenters. The first-order valence-electron chi connectivity index (χ1n) is 3.65. The van der Waals surface area contributed by atoms with Gasteiger partial charge in [0.15, 0.2) is 0 Å². The topological polar surface area (TPSA) is 9.23 Å². The molecule has 0 saturated heterocycles. The van der Waals surface area contributed by atoms with Crippen LogP contribution in [0.1, 0.15) is 16.7 Å². The van der Waals surface area contributed by atoms with Crippen molar-refractivity contribution in [2.45, 2.75) is 20.8 Å². The number of hydrogen-bond donors (Lipinski definition) is 0. The molecule has 0 atom stereocenters. The molecule has 1 aromatic rings. The van der Waals surface area contributed by atoms with Crippen molar-refractivity contribution in [2.75, 3.05) is 0 Å². The van der Waals surface area contributed by atoms with Crippen LogP contribution in [-0.4, -0.2) is 0 Å². The molecule has 0 N–H and O–H groups in total. The minimum Gasteiger partial charge on any atom is -0.489 e. The average molecular weight is 149 g/mol. The molecule has 0 fully saturated rings. The van der Waals surface area contributed by atoms with Crippen LogP contribution < -0.4 is 4.74 Å². The molecule has 1 nitrogen and oxygen atoms in total. The smallest absolute Gasteiger partial charge is 0.125 e. The lowest BCUT2D eigenvalue weighted by molar-refractivity contribution is 0.465. The molecule has 0 heterocycles. The molecule has 0 amide bonds. The molecule has 11 heavy (non-hydrogen) atoms. The molecule has 1 aromatic carbocycles. The molecule has 0 aliphatic carbocycles. The van der Waals surface area contributed by atoms with Crippen LogP contribution in [0.5, 0.6) is 5.75 Å². The van der Waals surface area contributed by atoms with Crippen molar-refractivity contribution >= 4 is 0 Å². The van der Waals surface area contributed by atoms with Crippen LogP contribution in [0.2, 0.25) is 0 Å². The zero-order chi connectivity index (χ0) is 8.43. The average Bonchev–Trinajstić information content (AvgIpc) is 1.85. The van der Waals surface area contributed by atoms with Crippen LogP contribution in [0.3, 0.4) is 0 Å². The van der Waals surface area contributed by atoms with Gasteiger partial charge in [-0.05, 0) is 31.9 Å². The van der Waals surface area contributed by atoms with E-state index in [1.165, 1.54) is 5.56 Å². The van der Waals surface area contributed by atoms with E-state index in [0.717, 1.165) is 16.9 Å². The highest BCUT2D eigenvalue weighted by molar-refractivity contribution is 5.42. The van der Waals surface area contributed by atoms with Gasteiger partial charge < -0.3 is 4.74 Å². The first kappa shape index (κ1) is 8.12. The quantitative estimate of drug-likeness (QED) is 0.596. The van der Waals surface area contributed by atoms with Crippen LogP contribution in [0.25, 0.3) is 0 Å². The van der Waals surface area contributed by atoms with E-state index in [1.807, 2.05) is 13.8 Å². The monoisotopic (exact) mass is 149 g/mol. The summed E-state index contributed by atoms with van der Waals surface area (Å²) < 4.78 is 4.98. The lowest BCUT2D eigenvalue weighted by atomic mass is 10.1. The van der Waals surface area contributed by atoms with E-state index in [9.17, 15) is 0 Å². The number of aryl methyl sites for hydroxylation is 3. The van der Waals surface area contributed by atoms with Gasteiger partial charge in [-0.25, -0.2) is 0 Å². The molecule has 0 bridgehead atoms. The molecule has 0 aliphatic rings. The molecule has 1 radical (unpaired) electrons. The standard InChI is InChI=1S/C10H13O/c1-7-5-8(2)10(11-4)9(3)6-7/h5-6H,4H2,1-3H3. The summed E-state index contributed by atoms with van der Waals surface area (Å²) in [5.41, 5.74) is 3.57. The van der Waals surface area contributed by atoms with Gasteiger partial charge in [0, 0.05) is 0 Å². The van der Waals surface area contributed by atoms with E-state index in [2.05, 4.69) is 26.2 Å². The van der Waals surface area contributed by atoms with Crippen LogP contribution in [-0.2, 0) is 0 Å². The summed E-state index contributed by atoms with van der Waals surface area (Å²) in [7, 11) is 3.41. The van der Waals surface area contributed by atoms with Crippen LogP contribution >= 0.6 is 0 Å². The van der Waals surface area contributed by atoms with Gasteiger partial charge in [-0.2, -0.15) is 0 Å². The van der Waals surface area contributed by atoms with E-state index < -0.39 is 0 Å². The second-order valence-electron chi connectivity index (χ2n) is 2.87. The van der Waals surface area contributed by atoms with Crippen molar-refractivity contribution in [2.24, 2.45) is 0 Å². The molecule has 0 spiro atoms. The molecule has 1 rings (SSSR count). The molecule has 0 saturated carbocycles. The zero-order valence-corrected chi connectivity index (χ0v) is 7.27. The van der Waals surface area contributed by atoms with Crippen molar-refractivity contribution in [1.29, 1.82) is 0 Å². The molecule has 0 aromatic heterocycles. The molecule has 59 valence electrons. The maximum atomic E-state index is 4.98. The van der Waals surface area contributed by atoms with Crippen LogP contribution in [0, 0.1) is 27.9 Å². The van der Waals surface area contributed by atoms with Gasteiger partial charge in [-0.15, -0.1) is 0 Å². The molecule has 0 aliphatic heterocycles. The maximum absolute atomic E-state index is 4.98. The van der Waals surface area contributed by atoms with Crippen molar-refractivity contribution in [1.82, 2.24) is 0 Å². The summed E-state index contributed by atoms with van der Waals surface area (Å²) in [6.07, 6.45) is 0. The number of rotatable bonds is 1. The Bertz CT molecular complexity index is 241. The SMILES string of the molecule is [CH2]Oc1c(C)cc(C)cc1C. The number of ether oxygens (including phenoxy) is 1. The van der Waals surface area contributed by atoms with Gasteiger partial charge >= 0.3 is 0 Å². The molecular formula is C10H13O. The van der Waals surface area contributed by atoms with E-state index in [0.29, 0.717) is 0 Å². The third-order valence-corrected chi connectivity index (χ3v) is 1.75. The third-order valence-electron chi connectivity index (χ3n) is 1.75. The van der Waals surface area contributed by atoms with Gasteiger partial charge in [-0.3, -0.25) is 0 Å². The minimum atomic E-state index is 0.899. The predicted molar refractivity (Wildman–Crippen MR) is 46.6 cm³/mol. The minimum absolute atomic E-state index is 0.899. The summed E-state index contributed by atoms with van der Waals surface area (Å²) in [6.45, 7) is 6.13. The summed E-state index contributed by atoms with van der Waals surface area (Å²) in [5, 5.41) is 0. The second-order valence-corrected chi connectivity index (χ2v) is 2.87. The highest BCUT2D eigenvalue weighted by Crippen LogP contribution is 2.23. The normalized spacial score (nSPS) is 9.82. The van der Waals surface area contributed by atoms with Crippen LogP contribution in [0.15, 0.2) is 12.1 Å². The number of hydrogen-bond acceptors (Lipinski definition) is 1. The Hall–Kier alpha value is -0.980. The third kappa shape index (κ3) is 1.53. The predicted octanol–water partition coefficient (Wildman–Crippen LogP) is 2.78. The Morgan fingerprint density at radius 2 is 1.55 bits per heavy atom. The Labute approximate surface area is 68.0 Å². The van der Waals surface area contributed by atoms with Crippen molar-refractivity contribution in [3.05, 3.63) is 35.9 Å². The van der Waals surface area contributed by atoms with E-state index in [-0.39, 0.29) is 0 Å². The Kier molecular flexibility index (Phi) is 2.18. The first-order valence-corrected chi connectivity index (χ1v) is 3.65. The van der Waals surface area contributed by atoms with Gasteiger partial charge in [0.25, 0.3) is 0 Å². The van der Waals surface area contributed by atoms with Crippen molar-refractivity contribution < 1.29 is 4.74 Å². The van der Waals surface area contributed by atoms with Crippen molar-refractivity contribution in [3.8, 4) is 5.75 Å². The van der Waals surface area contributed by atoms with Crippen LogP contribution in [0.4, 0.5) is 0 Å². The zero-order valence-electron chi connectivity index (χ0n) is 7.27. The Balaban J connectivity index is 3.25. The van der Waals surface area contributed by atoms with Gasteiger partial charge in [0.2, 0.25) is 0 Å². The largest absolute Gasteiger partial charge is 0.489 e. The first-order chi connectivity index (χ1) is 5.15. The van der Waals surface area contributed by atoms with E-state index >= 15 is 0 Å². The molecular weight excluding hydrogens is 136 g/mol. The fraction of sp³-hybridized carbons (Fsp3) is 0.300. The maximum Gasteiger partial charge on any atom is 0.125 e. The fourth-order valence-electron chi connectivity index (χ4n) is 1.39. The second kappa shape index (κ2) is 2.95. The van der Waals surface area contributed by atoms with E-state index in [1.54, 1.807) is 0 Å². The van der Waals surface area contributed by atoms with Gasteiger partial charge in [0.1, 0.15) is 12.9 Å².